The molecule has 0 aliphatic carbocycles. The molecule has 12 aromatic rings. The fourth-order valence-corrected chi connectivity index (χ4v) is 8.00. The lowest BCUT2D eigenvalue weighted by Gasteiger charge is -2.13. The van der Waals surface area contributed by atoms with E-state index >= 15 is 0 Å². The van der Waals surface area contributed by atoms with Crippen LogP contribution in [0.5, 0.6) is 0 Å². The molecule has 0 N–H and O–H groups in total. The number of hydrogen-bond donors (Lipinski definition) is 0. The van der Waals surface area contributed by atoms with Gasteiger partial charge in [0.05, 0.1) is 44.0 Å². The Bertz CT molecular complexity index is 4170. The molecule has 0 aliphatic heterocycles. The molecular weight excluding hydrogens is 755 g/mol. The van der Waals surface area contributed by atoms with Crippen molar-refractivity contribution >= 4 is 43.6 Å². The van der Waals surface area contributed by atoms with Gasteiger partial charge < -0.3 is 0 Å². The van der Waals surface area contributed by atoms with Crippen LogP contribution in [0.25, 0.3) is 111 Å². The molecule has 0 saturated heterocycles. The van der Waals surface area contributed by atoms with E-state index in [4.69, 9.17) is 31.4 Å². The van der Waals surface area contributed by atoms with Crippen molar-refractivity contribution in [3.63, 3.8) is 0 Å². The summed E-state index contributed by atoms with van der Waals surface area (Å²) >= 11 is 0. The zero-order chi connectivity index (χ0) is 54.9. The molecule has 3 aromatic heterocycles. The smallest absolute Gasteiger partial charge is 0.240 e. The minimum Gasteiger partial charge on any atom is -0.278 e. The number of aromatic nitrogens is 5. The van der Waals surface area contributed by atoms with Crippen molar-refractivity contribution in [3.8, 4) is 67.8 Å². The number of nitrogens with zero attached hydrogens (tertiary/aromatic N) is 5. The first-order chi connectivity index (χ1) is 37.4. The quantitative estimate of drug-likeness (QED) is 0.161. The van der Waals surface area contributed by atoms with E-state index in [1.54, 1.807) is 12.1 Å². The van der Waals surface area contributed by atoms with E-state index in [-0.39, 0.29) is 49.4 Å². The molecule has 0 unspecified atom stereocenters. The summed E-state index contributed by atoms with van der Waals surface area (Å²) in [7, 11) is 0. The molecule has 9 aromatic carbocycles. The second-order valence-electron chi connectivity index (χ2n) is 14.5. The molecule has 0 aliphatic rings. The maximum Gasteiger partial charge on any atom is 0.240 e. The summed E-state index contributed by atoms with van der Waals surface area (Å²) in [4.78, 5) is 14.5. The average Bonchev–Trinajstić information content (AvgIpc) is 4.24. The molecule has 5 heteroatoms. The van der Waals surface area contributed by atoms with Crippen molar-refractivity contribution in [1.29, 1.82) is 0 Å². The maximum absolute atomic E-state index is 9.22. The highest BCUT2D eigenvalue weighted by Gasteiger charge is 2.20. The monoisotopic (exact) mass is 807 g/mol. The van der Waals surface area contributed by atoms with Gasteiger partial charge in [0.15, 0.2) is 5.82 Å². The summed E-state index contributed by atoms with van der Waals surface area (Å²) in [5, 5.41) is -1.05. The lowest BCUT2D eigenvalue weighted by Crippen LogP contribution is -2.10. The third kappa shape index (κ3) is 6.06. The third-order valence-electron chi connectivity index (χ3n) is 10.9. The summed E-state index contributed by atoms with van der Waals surface area (Å²) in [6.07, 6.45) is 0. The second-order valence-corrected chi connectivity index (χ2v) is 14.5. The van der Waals surface area contributed by atoms with Crippen molar-refractivity contribution < 1.29 is 21.9 Å². The summed E-state index contributed by atoms with van der Waals surface area (Å²) in [6.45, 7) is 0. The van der Waals surface area contributed by atoms with Gasteiger partial charge in [-0.15, -0.1) is 0 Å². The molecule has 0 spiro atoms. The lowest BCUT2D eigenvalue weighted by atomic mass is 9.92. The average molecular weight is 808 g/mol. The van der Waals surface area contributed by atoms with Crippen molar-refractivity contribution in [2.45, 2.75) is 0 Å². The maximum atomic E-state index is 9.22. The molecule has 290 valence electrons. The molecule has 5 nitrogen and oxygen atoms in total. The minimum absolute atomic E-state index is 0.144. The van der Waals surface area contributed by atoms with Gasteiger partial charge in [0, 0.05) is 27.1 Å². The number of rotatable bonds is 7. The van der Waals surface area contributed by atoms with Crippen LogP contribution in [0.4, 0.5) is 0 Å². The number of benzene rings is 9. The first kappa shape index (κ1) is 22.8. The molecule has 3 heterocycles. The van der Waals surface area contributed by atoms with Gasteiger partial charge in [0.25, 0.3) is 0 Å². The highest BCUT2D eigenvalue weighted by Crippen LogP contribution is 2.37. The molecule has 0 radical (unpaired) electrons. The van der Waals surface area contributed by atoms with Gasteiger partial charge >= 0.3 is 0 Å². The van der Waals surface area contributed by atoms with E-state index < -0.39 is 109 Å². The van der Waals surface area contributed by atoms with Crippen molar-refractivity contribution in [2.24, 2.45) is 0 Å². The predicted molar refractivity (Wildman–Crippen MR) is 256 cm³/mol. The highest BCUT2D eigenvalue weighted by molar-refractivity contribution is 6.10. The van der Waals surface area contributed by atoms with Crippen LogP contribution in [0.3, 0.4) is 0 Å². The van der Waals surface area contributed by atoms with E-state index in [0.29, 0.717) is 5.56 Å². The van der Waals surface area contributed by atoms with Gasteiger partial charge in [-0.3, -0.25) is 9.13 Å². The minimum atomic E-state index is -0.698. The SMILES string of the molecule is [2H]c1c([2H])c([2H])c2c(c1[2H])c1c([2H])c([2H])c([2H])c([2H])c1n2-c1nc(-c2ccc(-c3cccc(-c4cc(-c5ccccc5)cc(-c5ccccc5)c4)c3)cc2)nc(-n2c3c([2H])c([2H])c([2H])c([2H])c3c3c([2H])c([2H])c([2H])c([2H])c32)n1. The Balaban J connectivity index is 1.11. The van der Waals surface area contributed by atoms with Gasteiger partial charge in [-0.25, -0.2) is 0 Å². The lowest BCUT2D eigenvalue weighted by molar-refractivity contribution is 0.893. The standard InChI is InChI=1S/C57H37N5/c1-3-16-38(17-4-1)44-35-45(39-18-5-2-6-19-39)37-46(36-44)43-21-15-20-42(34-43)40-30-32-41(33-31-40)55-58-56(61-51-26-11-7-22-47(51)48-23-8-12-27-52(48)61)60-57(59-55)62-53-28-13-9-24-49(53)50-25-10-14-29-54(50)62/h1-37H/i7D,8D,9D,10D,11D,12D,13D,14D,22D,23D,24D,25D,26D,27D,28D,29D. The Hall–Kier alpha value is -8.41. The Morgan fingerprint density at radius 1 is 0.290 bits per heavy atom. The van der Waals surface area contributed by atoms with Crippen molar-refractivity contribution in [3.05, 3.63) is 224 Å². The Morgan fingerprint density at radius 3 is 1.05 bits per heavy atom. The largest absolute Gasteiger partial charge is 0.278 e. The first-order valence-corrected chi connectivity index (χ1v) is 19.6. The summed E-state index contributed by atoms with van der Waals surface area (Å²) in [5.74, 6) is -1.08. The zero-order valence-corrected chi connectivity index (χ0v) is 32.4. The third-order valence-corrected chi connectivity index (χ3v) is 10.9. The Labute approximate surface area is 381 Å². The molecule has 0 bridgehead atoms. The zero-order valence-electron chi connectivity index (χ0n) is 48.4. The van der Waals surface area contributed by atoms with Crippen LogP contribution in [0.1, 0.15) is 21.9 Å². The van der Waals surface area contributed by atoms with Crippen LogP contribution in [0.15, 0.2) is 224 Å². The Kier molecular flexibility index (Phi) is 5.41. The predicted octanol–water partition coefficient (Wildman–Crippen LogP) is 14.4. The molecule has 12 rings (SSSR count). The topological polar surface area (TPSA) is 48.5 Å². The fraction of sp³-hybridized carbons (Fsp3) is 0. The molecule has 0 amide bonds. The van der Waals surface area contributed by atoms with Crippen LogP contribution in [0.2, 0.25) is 0 Å². The molecule has 62 heavy (non-hydrogen) atoms. The molecule has 0 atom stereocenters. The van der Waals surface area contributed by atoms with Gasteiger partial charge in [-0.05, 0) is 92.9 Å². The van der Waals surface area contributed by atoms with Crippen LogP contribution in [-0.4, -0.2) is 24.1 Å². The van der Waals surface area contributed by atoms with Crippen LogP contribution in [-0.2, 0) is 0 Å². The molecular formula is C57H37N5. The first-order valence-electron chi connectivity index (χ1n) is 27.6. The number of para-hydroxylation sites is 4. The number of hydrogen-bond acceptors (Lipinski definition) is 3. The van der Waals surface area contributed by atoms with Gasteiger partial charge in [0.1, 0.15) is 0 Å². The highest BCUT2D eigenvalue weighted by atomic mass is 15.3. The van der Waals surface area contributed by atoms with Crippen LogP contribution >= 0.6 is 0 Å². The van der Waals surface area contributed by atoms with Crippen LogP contribution in [0, 0.1) is 0 Å². The molecule has 0 fully saturated rings. The van der Waals surface area contributed by atoms with Gasteiger partial charge in [-0.1, -0.05) is 176 Å². The Morgan fingerprint density at radius 2 is 0.613 bits per heavy atom. The van der Waals surface area contributed by atoms with Crippen LogP contribution < -0.4 is 0 Å². The van der Waals surface area contributed by atoms with Crippen molar-refractivity contribution in [2.75, 3.05) is 0 Å². The fourth-order valence-electron chi connectivity index (χ4n) is 8.00. The van der Waals surface area contributed by atoms with Gasteiger partial charge in [0.2, 0.25) is 11.9 Å². The van der Waals surface area contributed by atoms with Gasteiger partial charge in [-0.2, -0.15) is 15.0 Å². The normalized spacial score (nSPS) is 15.2. The van der Waals surface area contributed by atoms with E-state index in [9.17, 15) is 5.48 Å². The molecule has 0 saturated carbocycles. The van der Waals surface area contributed by atoms with E-state index in [0.717, 1.165) is 53.6 Å². The van der Waals surface area contributed by atoms with Crippen molar-refractivity contribution in [1.82, 2.24) is 24.1 Å². The van der Waals surface area contributed by atoms with E-state index in [1.807, 2.05) is 66.7 Å². The number of fused-ring (bicyclic) bond motifs is 6. The van der Waals surface area contributed by atoms with E-state index in [2.05, 4.69) is 48.5 Å². The summed E-state index contributed by atoms with van der Waals surface area (Å²) in [5.41, 5.74) is 6.80. The second kappa shape index (κ2) is 14.7. The summed E-state index contributed by atoms with van der Waals surface area (Å²) < 4.78 is 144. The van der Waals surface area contributed by atoms with E-state index in [1.165, 1.54) is 0 Å². The summed E-state index contributed by atoms with van der Waals surface area (Å²) in [6, 6.07) is 31.4.